The van der Waals surface area contributed by atoms with E-state index in [0.717, 1.165) is 11.6 Å². The molecule has 36 heavy (non-hydrogen) atoms. The van der Waals surface area contributed by atoms with Gasteiger partial charge < -0.3 is 14.6 Å². The standard InChI is InChI=1S/C25H28ClF6NO3/c1-2-16-12-20(10-11-21(16)26)35-19-8-5-7-18(13-19)33(15-23(34)24(27,28)29)14-17-6-3-4-9-22(17)36-25(30,31)32/h3-4,6,9-12,18-19,23,34H,2,5,7-8,13-15H2,1H3. The number of para-hydroxylation sites is 1. The van der Waals surface area contributed by atoms with Gasteiger partial charge in [-0.25, -0.2) is 0 Å². The second kappa shape index (κ2) is 11.9. The minimum Gasteiger partial charge on any atom is -0.490 e. The topological polar surface area (TPSA) is 41.9 Å². The molecule has 0 saturated heterocycles. The van der Waals surface area contributed by atoms with Crippen LogP contribution >= 0.6 is 11.6 Å². The van der Waals surface area contributed by atoms with Crippen LogP contribution in [0.2, 0.25) is 5.02 Å². The van der Waals surface area contributed by atoms with Crippen molar-refractivity contribution in [3.05, 3.63) is 58.6 Å². The maximum absolute atomic E-state index is 13.2. The van der Waals surface area contributed by atoms with E-state index in [9.17, 15) is 31.4 Å². The Hall–Kier alpha value is -2.17. The predicted molar refractivity (Wildman–Crippen MR) is 123 cm³/mol. The second-order valence-corrected chi connectivity index (χ2v) is 9.22. The maximum Gasteiger partial charge on any atom is 0.573 e. The van der Waals surface area contributed by atoms with Crippen molar-refractivity contribution in [3.8, 4) is 11.5 Å². The van der Waals surface area contributed by atoms with Crippen LogP contribution in [0.4, 0.5) is 26.3 Å². The molecule has 0 aromatic heterocycles. The number of aryl methyl sites for hydroxylation is 1. The largest absolute Gasteiger partial charge is 0.573 e. The molecule has 0 amide bonds. The van der Waals surface area contributed by atoms with E-state index < -0.39 is 37.0 Å². The molecule has 0 radical (unpaired) electrons. The highest BCUT2D eigenvalue weighted by Crippen LogP contribution is 2.33. The Kier molecular flexibility index (Phi) is 9.40. The van der Waals surface area contributed by atoms with Crippen LogP contribution < -0.4 is 9.47 Å². The van der Waals surface area contributed by atoms with Crippen molar-refractivity contribution < 1.29 is 40.9 Å². The van der Waals surface area contributed by atoms with Crippen LogP contribution in [0.3, 0.4) is 0 Å². The van der Waals surface area contributed by atoms with Gasteiger partial charge in [-0.15, -0.1) is 13.2 Å². The fourth-order valence-corrected chi connectivity index (χ4v) is 4.64. The van der Waals surface area contributed by atoms with Gasteiger partial charge in [-0.3, -0.25) is 4.90 Å². The third kappa shape index (κ3) is 8.18. The van der Waals surface area contributed by atoms with Crippen molar-refractivity contribution in [3.63, 3.8) is 0 Å². The number of ether oxygens (including phenoxy) is 2. The molecular formula is C25H28ClF6NO3. The van der Waals surface area contributed by atoms with Crippen LogP contribution in [0.1, 0.15) is 43.7 Å². The van der Waals surface area contributed by atoms with Crippen molar-refractivity contribution in [1.29, 1.82) is 0 Å². The van der Waals surface area contributed by atoms with Gasteiger partial charge in [-0.05, 0) is 61.9 Å². The summed E-state index contributed by atoms with van der Waals surface area (Å²) in [6, 6.07) is 10.1. The summed E-state index contributed by atoms with van der Waals surface area (Å²) in [5.74, 6) is 0.0982. The Labute approximate surface area is 210 Å². The monoisotopic (exact) mass is 539 g/mol. The first-order chi connectivity index (χ1) is 16.9. The van der Waals surface area contributed by atoms with E-state index in [4.69, 9.17) is 16.3 Å². The molecule has 1 aliphatic rings. The lowest BCUT2D eigenvalue weighted by Crippen LogP contribution is -2.47. The van der Waals surface area contributed by atoms with Crippen molar-refractivity contribution in [2.75, 3.05) is 6.54 Å². The number of benzene rings is 2. The van der Waals surface area contributed by atoms with E-state index in [1.165, 1.54) is 23.1 Å². The van der Waals surface area contributed by atoms with Crippen LogP contribution in [0.5, 0.6) is 11.5 Å². The SMILES string of the molecule is CCc1cc(OC2CCCC(N(Cc3ccccc3OC(F)(F)F)CC(O)C(F)(F)F)C2)ccc1Cl. The van der Waals surface area contributed by atoms with Gasteiger partial charge in [0.15, 0.2) is 6.10 Å². The molecule has 0 spiro atoms. The van der Waals surface area contributed by atoms with Gasteiger partial charge in [0.2, 0.25) is 0 Å². The number of hydrogen-bond donors (Lipinski definition) is 1. The molecule has 1 fully saturated rings. The molecule has 2 aromatic carbocycles. The third-order valence-electron chi connectivity index (χ3n) is 6.17. The van der Waals surface area contributed by atoms with Crippen molar-refractivity contribution >= 4 is 11.6 Å². The first-order valence-electron chi connectivity index (χ1n) is 11.6. The van der Waals surface area contributed by atoms with Gasteiger partial charge >= 0.3 is 12.5 Å². The van der Waals surface area contributed by atoms with E-state index in [1.54, 1.807) is 12.1 Å². The molecule has 200 valence electrons. The molecule has 3 rings (SSSR count). The number of halogens is 7. The summed E-state index contributed by atoms with van der Waals surface area (Å²) < 4.78 is 88.4. The van der Waals surface area contributed by atoms with Crippen LogP contribution in [-0.2, 0) is 13.0 Å². The molecule has 3 atom stereocenters. The van der Waals surface area contributed by atoms with Crippen LogP contribution in [0, 0.1) is 0 Å². The average Bonchev–Trinajstić information content (AvgIpc) is 2.79. The fraction of sp³-hybridized carbons (Fsp3) is 0.520. The first kappa shape index (κ1) is 28.4. The second-order valence-electron chi connectivity index (χ2n) is 8.81. The maximum atomic E-state index is 13.2. The molecule has 11 heteroatoms. The lowest BCUT2D eigenvalue weighted by molar-refractivity contribution is -0.275. The normalized spacial score (nSPS) is 19.8. The Bertz CT molecular complexity index is 1000. The minimum absolute atomic E-state index is 0.0672. The molecule has 4 nitrogen and oxygen atoms in total. The lowest BCUT2D eigenvalue weighted by Gasteiger charge is -2.39. The van der Waals surface area contributed by atoms with Crippen LogP contribution in [-0.4, -0.2) is 47.3 Å². The van der Waals surface area contributed by atoms with Gasteiger partial charge in [0.1, 0.15) is 17.6 Å². The average molecular weight is 540 g/mol. The molecule has 1 N–H and O–H groups in total. The van der Waals surface area contributed by atoms with E-state index in [-0.39, 0.29) is 18.2 Å². The lowest BCUT2D eigenvalue weighted by atomic mass is 9.91. The smallest absolute Gasteiger partial charge is 0.490 e. The number of aliphatic hydroxyl groups is 1. The Balaban J connectivity index is 1.81. The Morgan fingerprint density at radius 2 is 1.78 bits per heavy atom. The zero-order valence-electron chi connectivity index (χ0n) is 19.6. The quantitative estimate of drug-likeness (QED) is 0.351. The molecule has 0 heterocycles. The fourth-order valence-electron chi connectivity index (χ4n) is 4.39. The number of nitrogens with zero attached hydrogens (tertiary/aromatic N) is 1. The molecular weight excluding hydrogens is 512 g/mol. The first-order valence-corrected chi connectivity index (χ1v) is 12.0. The molecule has 1 aliphatic carbocycles. The van der Waals surface area contributed by atoms with Gasteiger partial charge in [0, 0.05) is 29.7 Å². The summed E-state index contributed by atoms with van der Waals surface area (Å²) in [7, 11) is 0. The zero-order chi connectivity index (χ0) is 26.5. The van der Waals surface area contributed by atoms with Gasteiger partial charge in [-0.1, -0.05) is 36.7 Å². The molecule has 0 aliphatic heterocycles. The minimum atomic E-state index is -4.95. The van der Waals surface area contributed by atoms with E-state index in [0.29, 0.717) is 42.9 Å². The van der Waals surface area contributed by atoms with Crippen molar-refractivity contribution in [2.45, 2.75) is 76.4 Å². The van der Waals surface area contributed by atoms with Gasteiger partial charge in [0.25, 0.3) is 0 Å². The number of rotatable bonds is 9. The van der Waals surface area contributed by atoms with E-state index in [1.807, 2.05) is 13.0 Å². The summed E-state index contributed by atoms with van der Waals surface area (Å²) in [6.45, 7) is 0.895. The summed E-state index contributed by atoms with van der Waals surface area (Å²) >= 11 is 6.16. The van der Waals surface area contributed by atoms with Gasteiger partial charge in [-0.2, -0.15) is 13.2 Å². The highest BCUT2D eigenvalue weighted by atomic mass is 35.5. The summed E-state index contributed by atoms with van der Waals surface area (Å²) in [6.07, 6.45) is -9.93. The summed E-state index contributed by atoms with van der Waals surface area (Å²) in [5, 5.41) is 10.4. The highest BCUT2D eigenvalue weighted by molar-refractivity contribution is 6.31. The molecule has 1 saturated carbocycles. The third-order valence-corrected chi connectivity index (χ3v) is 6.54. The van der Waals surface area contributed by atoms with Crippen molar-refractivity contribution in [1.82, 2.24) is 4.90 Å². The number of aliphatic hydroxyl groups excluding tert-OH is 1. The molecule has 2 aromatic rings. The van der Waals surface area contributed by atoms with Crippen molar-refractivity contribution in [2.24, 2.45) is 0 Å². The molecule has 0 bridgehead atoms. The zero-order valence-corrected chi connectivity index (χ0v) is 20.3. The van der Waals surface area contributed by atoms with Crippen LogP contribution in [0.25, 0.3) is 0 Å². The van der Waals surface area contributed by atoms with E-state index in [2.05, 4.69) is 4.74 Å². The summed E-state index contributed by atoms with van der Waals surface area (Å²) in [5.41, 5.74) is 0.968. The van der Waals surface area contributed by atoms with Gasteiger partial charge in [0.05, 0.1) is 0 Å². The number of alkyl halides is 6. The number of hydrogen-bond acceptors (Lipinski definition) is 4. The predicted octanol–water partition coefficient (Wildman–Crippen LogP) is 6.92. The van der Waals surface area contributed by atoms with Crippen LogP contribution in [0.15, 0.2) is 42.5 Å². The molecule has 3 unspecified atom stereocenters. The highest BCUT2D eigenvalue weighted by Gasteiger charge is 2.41. The Morgan fingerprint density at radius 1 is 1.06 bits per heavy atom. The Morgan fingerprint density at radius 3 is 2.44 bits per heavy atom. The summed E-state index contributed by atoms with van der Waals surface area (Å²) in [4.78, 5) is 1.37. The van der Waals surface area contributed by atoms with E-state index >= 15 is 0 Å².